The lowest BCUT2D eigenvalue weighted by Gasteiger charge is -2.28. The SMILES string of the molecule is C=C[C@@H]1C[C@]1(CC(=O)C1CC(Oc2nccc3cc(C)ccc23)CN1C(=O)[C@@H](C)CCC(=O)N1C[C@@H]2C[C@H]1C(=O)O2)C(=O)NS(=O)(=O)C1CC1. The fourth-order valence-electron chi connectivity index (χ4n) is 7.78. The number of amides is 3. The highest BCUT2D eigenvalue weighted by Gasteiger charge is 2.61. The number of ketones is 1. The summed E-state index contributed by atoms with van der Waals surface area (Å²) in [5.74, 6) is -2.69. The number of nitrogens with zero attached hydrogens (tertiary/aromatic N) is 3. The molecule has 1 aromatic carbocycles. The first-order chi connectivity index (χ1) is 23.8. The Bertz CT molecular complexity index is 1890. The average Bonchev–Trinajstić information content (AvgIpc) is 3.94. The number of aromatic nitrogens is 1. The van der Waals surface area contributed by atoms with Crippen molar-refractivity contribution in [1.29, 1.82) is 0 Å². The van der Waals surface area contributed by atoms with Crippen LogP contribution < -0.4 is 9.46 Å². The minimum absolute atomic E-state index is 0.0505. The molecule has 7 atom stereocenters. The van der Waals surface area contributed by atoms with Crippen molar-refractivity contribution in [3.05, 3.63) is 48.7 Å². The maximum Gasteiger partial charge on any atom is 0.329 e. The number of fused-ring (bicyclic) bond motifs is 3. The summed E-state index contributed by atoms with van der Waals surface area (Å²) in [6, 6.07) is 6.24. The van der Waals surface area contributed by atoms with E-state index in [2.05, 4.69) is 16.3 Å². The van der Waals surface area contributed by atoms with Gasteiger partial charge < -0.3 is 19.3 Å². The van der Waals surface area contributed by atoms with Gasteiger partial charge in [-0.3, -0.25) is 23.9 Å². The average molecular weight is 707 g/mol. The molecule has 3 aliphatic heterocycles. The smallest absolute Gasteiger partial charge is 0.329 e. The number of esters is 1. The van der Waals surface area contributed by atoms with Crippen molar-refractivity contribution >= 4 is 50.3 Å². The zero-order valence-corrected chi connectivity index (χ0v) is 29.0. The molecule has 13 nitrogen and oxygen atoms in total. The van der Waals surface area contributed by atoms with E-state index in [0.29, 0.717) is 31.7 Å². The molecule has 5 aliphatic rings. The second-order valence-corrected chi connectivity index (χ2v) is 16.6. The van der Waals surface area contributed by atoms with Crippen molar-refractivity contribution in [2.45, 2.75) is 94.8 Å². The van der Waals surface area contributed by atoms with Crippen LogP contribution >= 0.6 is 0 Å². The molecule has 2 unspecified atom stereocenters. The Morgan fingerprint density at radius 3 is 2.62 bits per heavy atom. The highest BCUT2D eigenvalue weighted by molar-refractivity contribution is 7.90. The van der Waals surface area contributed by atoms with E-state index >= 15 is 0 Å². The van der Waals surface area contributed by atoms with Gasteiger partial charge in [0.05, 0.1) is 29.8 Å². The summed E-state index contributed by atoms with van der Waals surface area (Å²) >= 11 is 0. The minimum atomic E-state index is -3.83. The van der Waals surface area contributed by atoms with E-state index in [4.69, 9.17) is 9.47 Å². The van der Waals surface area contributed by atoms with Gasteiger partial charge >= 0.3 is 5.97 Å². The molecule has 3 saturated heterocycles. The molecule has 1 N–H and O–H groups in total. The number of allylic oxidation sites excluding steroid dienone is 1. The Kier molecular flexibility index (Phi) is 8.72. The standard InChI is InChI=1S/C36H42N4O9S/c1-4-23-16-36(23,35(45)38-50(46,47)26-7-8-26)17-30(41)28-14-24(48-32-27-9-5-20(2)13-22(27)11-12-37-32)19-40(28)33(43)21(3)6-10-31(42)39-18-25-15-29(39)34(44)49-25/h4-5,9,11-13,21,23-26,28-29H,1,6-8,10,14-19H2,2-3H3,(H,38,45)/t21-,23+,24?,25-,28?,29-,36+/m0/s1. The number of carbonyl (C=O) groups is 5. The first-order valence-electron chi connectivity index (χ1n) is 17.3. The third-order valence-corrected chi connectivity index (χ3v) is 12.8. The molecule has 266 valence electrons. The molecule has 3 amide bonds. The molecule has 50 heavy (non-hydrogen) atoms. The first-order valence-corrected chi connectivity index (χ1v) is 18.9. The summed E-state index contributed by atoms with van der Waals surface area (Å²) < 4.78 is 39.1. The van der Waals surface area contributed by atoms with Gasteiger partial charge in [-0.1, -0.05) is 30.7 Å². The van der Waals surface area contributed by atoms with E-state index < -0.39 is 56.7 Å². The number of hydrogen-bond acceptors (Lipinski definition) is 10. The number of benzene rings is 1. The van der Waals surface area contributed by atoms with Crippen molar-refractivity contribution in [1.82, 2.24) is 19.5 Å². The van der Waals surface area contributed by atoms with Crippen LogP contribution in [-0.4, -0.2) is 95.3 Å². The molecule has 0 spiro atoms. The summed E-state index contributed by atoms with van der Waals surface area (Å²) in [5.41, 5.74) is -0.193. The van der Waals surface area contributed by atoms with E-state index in [0.717, 1.165) is 16.3 Å². The van der Waals surface area contributed by atoms with Crippen LogP contribution in [0.3, 0.4) is 0 Å². The lowest BCUT2D eigenvalue weighted by atomic mass is 9.91. The molecule has 1 aromatic heterocycles. The fourth-order valence-corrected chi connectivity index (χ4v) is 9.16. The number of ether oxygens (including phenoxy) is 2. The maximum atomic E-state index is 14.2. The fraction of sp³-hybridized carbons (Fsp3) is 0.556. The largest absolute Gasteiger partial charge is 0.472 e. The number of hydrogen-bond donors (Lipinski definition) is 1. The van der Waals surface area contributed by atoms with Crippen LogP contribution in [-0.2, 0) is 38.7 Å². The minimum Gasteiger partial charge on any atom is -0.472 e. The third-order valence-electron chi connectivity index (χ3n) is 11.0. The molecule has 4 heterocycles. The van der Waals surface area contributed by atoms with Crippen LogP contribution in [0.25, 0.3) is 10.8 Å². The second kappa shape index (κ2) is 12.8. The topological polar surface area (TPSA) is 169 Å². The first kappa shape index (κ1) is 34.1. The summed E-state index contributed by atoms with van der Waals surface area (Å²) in [5, 5.41) is 1.12. The molecule has 7 rings (SSSR count). The second-order valence-electron chi connectivity index (χ2n) is 14.6. The lowest BCUT2D eigenvalue weighted by Crippen LogP contribution is -2.46. The van der Waals surface area contributed by atoms with Crippen LogP contribution in [0, 0.1) is 24.2 Å². The van der Waals surface area contributed by atoms with Crippen molar-refractivity contribution < 1.29 is 41.9 Å². The van der Waals surface area contributed by atoms with E-state index in [1.165, 1.54) is 9.80 Å². The number of sulfonamides is 1. The van der Waals surface area contributed by atoms with Crippen LogP contribution in [0.5, 0.6) is 5.88 Å². The number of likely N-dealkylation sites (tertiary alicyclic amines) is 2. The Balaban J connectivity index is 1.08. The number of morpholine rings is 1. The number of Topliss-reactive ketones (excluding diaryl/α,β-unsaturated/α-hetero) is 1. The molecule has 14 heteroatoms. The highest BCUT2D eigenvalue weighted by Crippen LogP contribution is 2.57. The predicted molar refractivity (Wildman–Crippen MR) is 180 cm³/mol. The Morgan fingerprint density at radius 1 is 1.16 bits per heavy atom. The monoisotopic (exact) mass is 706 g/mol. The van der Waals surface area contributed by atoms with Gasteiger partial charge in [0.2, 0.25) is 33.6 Å². The van der Waals surface area contributed by atoms with Gasteiger partial charge in [-0.25, -0.2) is 18.2 Å². The van der Waals surface area contributed by atoms with Crippen LogP contribution in [0.2, 0.25) is 0 Å². The number of pyridine rings is 1. The van der Waals surface area contributed by atoms with Gasteiger partial charge in [-0.05, 0) is 56.0 Å². The summed E-state index contributed by atoms with van der Waals surface area (Å²) in [4.78, 5) is 74.2. The molecular weight excluding hydrogens is 664 g/mol. The summed E-state index contributed by atoms with van der Waals surface area (Å²) in [6.45, 7) is 7.92. The zero-order valence-electron chi connectivity index (χ0n) is 28.2. The number of nitrogens with one attached hydrogen (secondary N) is 1. The van der Waals surface area contributed by atoms with Crippen LogP contribution in [0.1, 0.15) is 63.9 Å². The van der Waals surface area contributed by atoms with Gasteiger partial charge in [0, 0.05) is 43.2 Å². The molecule has 2 saturated carbocycles. The predicted octanol–water partition coefficient (Wildman–Crippen LogP) is 2.59. The summed E-state index contributed by atoms with van der Waals surface area (Å²) in [6.07, 6.45) is 4.22. The number of aryl methyl sites for hydroxylation is 1. The zero-order chi connectivity index (χ0) is 35.5. The normalized spacial score (nSPS) is 29.1. The molecule has 5 fully saturated rings. The molecular formula is C36H42N4O9S. The van der Waals surface area contributed by atoms with Crippen LogP contribution in [0.15, 0.2) is 43.1 Å². The molecule has 0 radical (unpaired) electrons. The highest BCUT2D eigenvalue weighted by atomic mass is 32.2. The number of rotatable bonds is 13. The van der Waals surface area contributed by atoms with E-state index in [1.807, 2.05) is 31.2 Å². The van der Waals surface area contributed by atoms with Gasteiger partial charge in [0.15, 0.2) is 5.78 Å². The number of carbonyl (C=O) groups excluding carboxylic acids is 5. The maximum absolute atomic E-state index is 14.2. The van der Waals surface area contributed by atoms with Gasteiger partial charge in [-0.2, -0.15) is 0 Å². The Hall–Kier alpha value is -4.33. The van der Waals surface area contributed by atoms with Crippen molar-refractivity contribution in [3.63, 3.8) is 0 Å². The summed E-state index contributed by atoms with van der Waals surface area (Å²) in [7, 11) is -3.83. The molecule has 2 aliphatic carbocycles. The van der Waals surface area contributed by atoms with E-state index in [9.17, 15) is 32.4 Å². The Labute approximate surface area is 290 Å². The third kappa shape index (κ3) is 6.38. The molecule has 2 bridgehead atoms. The van der Waals surface area contributed by atoms with Gasteiger partial charge in [0.25, 0.3) is 0 Å². The lowest BCUT2D eigenvalue weighted by molar-refractivity contribution is -0.157. The van der Waals surface area contributed by atoms with Crippen molar-refractivity contribution in [3.8, 4) is 5.88 Å². The Morgan fingerprint density at radius 2 is 1.94 bits per heavy atom. The van der Waals surface area contributed by atoms with E-state index in [-0.39, 0.29) is 68.3 Å². The quantitative estimate of drug-likeness (QED) is 0.241. The van der Waals surface area contributed by atoms with Gasteiger partial charge in [0.1, 0.15) is 18.2 Å². The van der Waals surface area contributed by atoms with E-state index in [1.54, 1.807) is 19.2 Å². The molecule has 2 aromatic rings. The van der Waals surface area contributed by atoms with Crippen molar-refractivity contribution in [2.75, 3.05) is 13.1 Å². The van der Waals surface area contributed by atoms with Crippen LogP contribution in [0.4, 0.5) is 0 Å². The van der Waals surface area contributed by atoms with Crippen molar-refractivity contribution in [2.24, 2.45) is 17.3 Å². The van der Waals surface area contributed by atoms with Gasteiger partial charge in [-0.15, -0.1) is 6.58 Å².